The van der Waals surface area contributed by atoms with Crippen LogP contribution in [0.15, 0.2) is 0 Å². The zero-order valence-electron chi connectivity index (χ0n) is 4.92. The highest BCUT2D eigenvalue weighted by Crippen LogP contribution is 1.77. The third-order valence-corrected chi connectivity index (χ3v) is 0.648. The van der Waals surface area contributed by atoms with Crippen molar-refractivity contribution < 1.29 is 19.2 Å². The molecule has 5 nitrogen and oxygen atoms in total. The van der Waals surface area contributed by atoms with Gasteiger partial charge in [0.1, 0.15) is 0 Å². The van der Waals surface area contributed by atoms with Gasteiger partial charge in [-0.3, -0.25) is 9.59 Å². The molecule has 0 aromatic rings. The van der Waals surface area contributed by atoms with Gasteiger partial charge < -0.3 is 9.57 Å². The summed E-state index contributed by atoms with van der Waals surface area (Å²) in [4.78, 5) is 24.0. The summed E-state index contributed by atoms with van der Waals surface area (Å²) in [5.74, 6) is 2.95. The quantitative estimate of drug-likeness (QED) is 0.392. The first-order valence-corrected chi connectivity index (χ1v) is 2.17. The largest absolute Gasteiger partial charge is 0.477 e. The maximum absolute atomic E-state index is 10.2. The normalized spacial score (nSPS) is 7.78. The molecule has 0 aromatic carbocycles. The Morgan fingerprint density at radius 1 is 1.44 bits per heavy atom. The van der Waals surface area contributed by atoms with E-state index in [1.165, 1.54) is 7.11 Å². The predicted octanol–water partition coefficient (Wildman–Crippen LogP) is -0.800. The molecule has 0 atom stereocenters. The Kier molecular flexibility index (Phi) is 3.46. The van der Waals surface area contributed by atoms with Gasteiger partial charge in [-0.05, 0) is 0 Å². The number of nitrogens with two attached hydrogens (primary N) is 1. The molecule has 50 valence electrons. The number of rotatable bonds is 2. The van der Waals surface area contributed by atoms with Crippen molar-refractivity contribution in [3.8, 4) is 0 Å². The summed E-state index contributed by atoms with van der Waals surface area (Å²) in [5.41, 5.74) is 0. The number of hydrogen-bond donors (Lipinski definition) is 1. The third-order valence-electron chi connectivity index (χ3n) is 0.648. The smallest absolute Gasteiger partial charge is 0.395 e. The number of ether oxygens (including phenoxy) is 1. The molecule has 0 amide bonds. The Balaban J connectivity index is 3.47. The Hall–Kier alpha value is -1.04. The van der Waals surface area contributed by atoms with Crippen LogP contribution < -0.4 is 5.90 Å². The van der Waals surface area contributed by atoms with Gasteiger partial charge in [-0.2, -0.15) is 5.90 Å². The lowest BCUT2D eigenvalue weighted by molar-refractivity contribution is 0.172. The van der Waals surface area contributed by atoms with E-state index in [0.29, 0.717) is 0 Å². The average molecular weight is 131 g/mol. The van der Waals surface area contributed by atoms with Gasteiger partial charge in [0.05, 0.1) is 7.11 Å². The van der Waals surface area contributed by atoms with Crippen LogP contribution in [0.3, 0.4) is 0 Å². The molecule has 9 heavy (non-hydrogen) atoms. The molecule has 6 heteroatoms. The van der Waals surface area contributed by atoms with Crippen molar-refractivity contribution in [2.75, 3.05) is 7.11 Å². The number of methoxy groups -OCH3 is 1. The lowest BCUT2D eigenvalue weighted by atomic mass is 9.79. The fourth-order valence-electron chi connectivity index (χ4n) is 0.232. The minimum Gasteiger partial charge on any atom is -0.477 e. The highest BCUT2D eigenvalue weighted by molar-refractivity contribution is 6.94. The van der Waals surface area contributed by atoms with E-state index in [9.17, 15) is 9.59 Å². The summed E-state index contributed by atoms with van der Waals surface area (Å²) in [6.07, 6.45) is 0. The molecule has 0 saturated heterocycles. The van der Waals surface area contributed by atoms with Crippen LogP contribution in [0, 0.1) is 0 Å². The molecule has 0 aliphatic carbocycles. The molecule has 0 rings (SSSR count). The third kappa shape index (κ3) is 3.54. The van der Waals surface area contributed by atoms with Crippen LogP contribution >= 0.6 is 0 Å². The van der Waals surface area contributed by atoms with Crippen LogP contribution in [0.1, 0.15) is 0 Å². The molecule has 0 bridgehead atoms. The molecular formula is C3H6BNO4. The van der Waals surface area contributed by atoms with E-state index < -0.39 is 19.0 Å². The highest BCUT2D eigenvalue weighted by Gasteiger charge is 2.12. The summed E-state index contributed by atoms with van der Waals surface area (Å²) in [7, 11) is 0.735. The van der Waals surface area contributed by atoms with Crippen molar-refractivity contribution in [1.82, 2.24) is 0 Å². The molecule has 0 spiro atoms. The fraction of sp³-hybridized carbons (Fsp3) is 0.333. The standard InChI is InChI=1S/C3H6BNO4/c1-8-2(6)4-3(7)9-5/h4H,5H2,1H3. The van der Waals surface area contributed by atoms with Crippen LogP contribution in [0.4, 0.5) is 9.59 Å². The lowest BCUT2D eigenvalue weighted by Crippen LogP contribution is -2.23. The molecule has 0 heterocycles. The first-order chi connectivity index (χ1) is 4.20. The van der Waals surface area contributed by atoms with E-state index in [1.807, 2.05) is 0 Å². The first kappa shape index (κ1) is 7.96. The van der Waals surface area contributed by atoms with Crippen LogP contribution in [0.25, 0.3) is 0 Å². The predicted molar refractivity (Wildman–Crippen MR) is 30.2 cm³/mol. The molecule has 0 aromatic heterocycles. The van der Waals surface area contributed by atoms with Gasteiger partial charge in [0.2, 0.25) is 0 Å². The van der Waals surface area contributed by atoms with E-state index in [4.69, 9.17) is 0 Å². The second kappa shape index (κ2) is 3.91. The Morgan fingerprint density at radius 2 is 2.00 bits per heavy atom. The summed E-state index contributed by atoms with van der Waals surface area (Å²) in [6.45, 7) is 0. The van der Waals surface area contributed by atoms with Crippen molar-refractivity contribution in [2.45, 2.75) is 0 Å². The summed E-state index contributed by atoms with van der Waals surface area (Å²) >= 11 is 0. The van der Waals surface area contributed by atoms with Gasteiger partial charge >= 0.3 is 7.28 Å². The van der Waals surface area contributed by atoms with Crippen molar-refractivity contribution in [3.63, 3.8) is 0 Å². The lowest BCUT2D eigenvalue weighted by Gasteiger charge is -1.93. The van der Waals surface area contributed by atoms with Gasteiger partial charge in [0.15, 0.2) is 0 Å². The second-order valence-corrected chi connectivity index (χ2v) is 1.24. The summed E-state index contributed by atoms with van der Waals surface area (Å²) < 4.78 is 4.13. The van der Waals surface area contributed by atoms with E-state index in [2.05, 4.69) is 15.5 Å². The van der Waals surface area contributed by atoms with Crippen LogP contribution in [0.5, 0.6) is 0 Å². The fourth-order valence-corrected chi connectivity index (χ4v) is 0.232. The molecule has 0 aliphatic heterocycles. The van der Waals surface area contributed by atoms with Crippen molar-refractivity contribution in [3.05, 3.63) is 0 Å². The molecule has 0 aliphatic rings. The number of carbonyl (C=O) groups is 2. The minimum absolute atomic E-state index is 0.438. The number of carbonyl (C=O) groups excluding carboxylic acids is 2. The second-order valence-electron chi connectivity index (χ2n) is 1.24. The van der Waals surface area contributed by atoms with E-state index >= 15 is 0 Å². The van der Waals surface area contributed by atoms with E-state index in [1.54, 1.807) is 0 Å². The van der Waals surface area contributed by atoms with E-state index in [-0.39, 0.29) is 0 Å². The molecule has 0 unspecified atom stereocenters. The van der Waals surface area contributed by atoms with Crippen molar-refractivity contribution in [2.24, 2.45) is 5.90 Å². The SMILES string of the molecule is COC(=O)BC(=O)ON. The zero-order chi connectivity index (χ0) is 7.28. The molecule has 0 saturated carbocycles. The van der Waals surface area contributed by atoms with Crippen LogP contribution in [-0.4, -0.2) is 26.1 Å². The minimum atomic E-state index is -0.804. The Morgan fingerprint density at radius 3 is 2.33 bits per heavy atom. The molecule has 2 N–H and O–H groups in total. The van der Waals surface area contributed by atoms with Gasteiger partial charge in [0.25, 0.3) is 11.7 Å². The van der Waals surface area contributed by atoms with Crippen molar-refractivity contribution >= 4 is 19.0 Å². The first-order valence-electron chi connectivity index (χ1n) is 2.17. The Bertz CT molecular complexity index is 111. The molecule has 0 radical (unpaired) electrons. The number of hydrogen-bond acceptors (Lipinski definition) is 5. The molecular weight excluding hydrogens is 125 g/mol. The Labute approximate surface area is 52.3 Å². The summed E-state index contributed by atoms with van der Waals surface area (Å²) in [5, 5.41) is 0. The van der Waals surface area contributed by atoms with E-state index in [0.717, 1.165) is 0 Å². The van der Waals surface area contributed by atoms with Gasteiger partial charge in [0, 0.05) is 0 Å². The van der Waals surface area contributed by atoms with Gasteiger partial charge in [-0.25, -0.2) is 0 Å². The highest BCUT2D eigenvalue weighted by atomic mass is 16.7. The average Bonchev–Trinajstić information content (AvgIpc) is 1.87. The van der Waals surface area contributed by atoms with Gasteiger partial charge in [-0.15, -0.1) is 0 Å². The zero-order valence-corrected chi connectivity index (χ0v) is 4.92. The maximum Gasteiger partial charge on any atom is 0.395 e. The van der Waals surface area contributed by atoms with Crippen LogP contribution in [-0.2, 0) is 9.57 Å². The molecule has 0 fully saturated rings. The summed E-state index contributed by atoms with van der Waals surface area (Å²) in [6, 6.07) is 0. The maximum atomic E-state index is 10.2. The van der Waals surface area contributed by atoms with Gasteiger partial charge in [-0.1, -0.05) is 0 Å². The monoisotopic (exact) mass is 131 g/mol. The topological polar surface area (TPSA) is 78.6 Å². The van der Waals surface area contributed by atoms with Crippen molar-refractivity contribution in [1.29, 1.82) is 0 Å². The van der Waals surface area contributed by atoms with Crippen LogP contribution in [0.2, 0.25) is 0 Å².